The summed E-state index contributed by atoms with van der Waals surface area (Å²) < 4.78 is 2.98. The second kappa shape index (κ2) is 7.20. The summed E-state index contributed by atoms with van der Waals surface area (Å²) in [6.45, 7) is 1.07. The molecule has 0 amide bonds. The van der Waals surface area contributed by atoms with Crippen LogP contribution in [-0.2, 0) is 13.1 Å². The van der Waals surface area contributed by atoms with E-state index in [1.54, 1.807) is 16.8 Å². The Morgan fingerprint density at radius 3 is 2.83 bits per heavy atom. The first kappa shape index (κ1) is 17.6. The summed E-state index contributed by atoms with van der Waals surface area (Å²) in [4.78, 5) is 27.1. The van der Waals surface area contributed by atoms with Crippen molar-refractivity contribution in [1.29, 1.82) is 0 Å². The molecule has 0 atom stereocenters. The van der Waals surface area contributed by atoms with Gasteiger partial charge in [0, 0.05) is 18.7 Å². The van der Waals surface area contributed by atoms with Crippen molar-refractivity contribution in [3.8, 4) is 0 Å². The van der Waals surface area contributed by atoms with Crippen molar-refractivity contribution in [2.24, 2.45) is 5.73 Å². The van der Waals surface area contributed by atoms with E-state index >= 15 is 0 Å². The molecule has 1 aromatic carbocycles. The Morgan fingerprint density at radius 1 is 1.33 bits per heavy atom. The van der Waals surface area contributed by atoms with Crippen molar-refractivity contribution in [3.63, 3.8) is 0 Å². The van der Waals surface area contributed by atoms with Crippen LogP contribution in [0.15, 0.2) is 41.6 Å². The Bertz CT molecular complexity index is 936. The van der Waals surface area contributed by atoms with Crippen molar-refractivity contribution in [2.75, 3.05) is 6.54 Å². The van der Waals surface area contributed by atoms with Crippen LogP contribution in [0, 0.1) is 10.1 Å². The van der Waals surface area contributed by atoms with Gasteiger partial charge in [0.1, 0.15) is 11.7 Å². The number of benzene rings is 1. The Labute approximate surface area is 142 Å². The van der Waals surface area contributed by atoms with Crippen molar-refractivity contribution in [1.82, 2.24) is 19.3 Å². The van der Waals surface area contributed by atoms with Crippen LogP contribution in [-0.4, -0.2) is 30.8 Å². The third-order valence-electron chi connectivity index (χ3n) is 3.44. The number of halogens is 1. The smallest absolute Gasteiger partial charge is 0.269 e. The van der Waals surface area contributed by atoms with Gasteiger partial charge in [0.2, 0.25) is 0 Å². The standard InChI is InChI=1S/C14H14N6O3.ClH/c15-4-5-19-13-12(7-17-19)14(21)18(9-16-13)8-10-2-1-3-11(6-10)20(22)23;/h1-3,6-7,9H,4-5,8,15H2;1H. The third-order valence-corrected chi connectivity index (χ3v) is 3.44. The maximum atomic E-state index is 12.5. The Balaban J connectivity index is 0.00000208. The summed E-state index contributed by atoms with van der Waals surface area (Å²) in [6, 6.07) is 6.16. The first-order valence-corrected chi connectivity index (χ1v) is 6.94. The fourth-order valence-corrected chi connectivity index (χ4v) is 2.36. The average Bonchev–Trinajstić information content (AvgIpc) is 2.95. The SMILES string of the molecule is Cl.NCCn1ncc2c(=O)n(Cc3cccc([N+](=O)[O-])c3)cnc21. The maximum absolute atomic E-state index is 12.5. The molecule has 0 fully saturated rings. The molecule has 0 saturated carbocycles. The summed E-state index contributed by atoms with van der Waals surface area (Å²) in [5.41, 5.74) is 6.37. The van der Waals surface area contributed by atoms with Crippen molar-refractivity contribution >= 4 is 29.1 Å². The number of nitrogens with two attached hydrogens (primary N) is 1. The largest absolute Gasteiger partial charge is 0.329 e. The second-order valence-electron chi connectivity index (χ2n) is 5.00. The number of hydrogen-bond donors (Lipinski definition) is 1. The second-order valence-corrected chi connectivity index (χ2v) is 5.00. The Kier molecular flexibility index (Phi) is 5.27. The monoisotopic (exact) mass is 350 g/mol. The summed E-state index contributed by atoms with van der Waals surface area (Å²) >= 11 is 0. The highest BCUT2D eigenvalue weighted by Gasteiger charge is 2.11. The summed E-state index contributed by atoms with van der Waals surface area (Å²) in [5, 5.41) is 15.3. The number of non-ortho nitro benzene ring substituents is 1. The van der Waals surface area contributed by atoms with Crippen molar-refractivity contribution < 1.29 is 4.92 Å². The van der Waals surface area contributed by atoms with E-state index < -0.39 is 4.92 Å². The third kappa shape index (κ3) is 3.26. The first-order chi connectivity index (χ1) is 11.1. The van der Waals surface area contributed by atoms with Gasteiger partial charge in [-0.25, -0.2) is 9.67 Å². The van der Waals surface area contributed by atoms with Crippen molar-refractivity contribution in [3.05, 3.63) is 62.8 Å². The van der Waals surface area contributed by atoms with Crippen LogP contribution in [0.25, 0.3) is 11.0 Å². The molecular weight excluding hydrogens is 336 g/mol. The molecule has 3 rings (SSSR count). The van der Waals surface area contributed by atoms with Gasteiger partial charge in [-0.05, 0) is 5.56 Å². The van der Waals surface area contributed by atoms with Crippen LogP contribution < -0.4 is 11.3 Å². The zero-order valence-electron chi connectivity index (χ0n) is 12.5. The van der Waals surface area contributed by atoms with Crippen LogP contribution in [0.3, 0.4) is 0 Å². The lowest BCUT2D eigenvalue weighted by molar-refractivity contribution is -0.384. The molecule has 126 valence electrons. The molecular formula is C14H15ClN6O3. The number of aromatic nitrogens is 4. The van der Waals surface area contributed by atoms with E-state index in [-0.39, 0.29) is 30.2 Å². The number of nitrogens with zero attached hydrogens (tertiary/aromatic N) is 5. The predicted octanol–water partition coefficient (Wildman–Crippen LogP) is 0.930. The molecule has 0 radical (unpaired) electrons. The lowest BCUT2D eigenvalue weighted by Gasteiger charge is -2.06. The van der Waals surface area contributed by atoms with Crippen LogP contribution in [0.1, 0.15) is 5.56 Å². The van der Waals surface area contributed by atoms with Crippen LogP contribution >= 0.6 is 12.4 Å². The summed E-state index contributed by atoms with van der Waals surface area (Å²) in [6.07, 6.45) is 2.88. The van der Waals surface area contributed by atoms with Gasteiger partial charge in [-0.15, -0.1) is 12.4 Å². The predicted molar refractivity (Wildman–Crippen MR) is 90.3 cm³/mol. The van der Waals surface area contributed by atoms with E-state index in [0.717, 1.165) is 0 Å². The van der Waals surface area contributed by atoms with Crippen LogP contribution in [0.2, 0.25) is 0 Å². The Hall–Kier alpha value is -2.78. The summed E-state index contributed by atoms with van der Waals surface area (Å²) in [5.74, 6) is 0. The van der Waals surface area contributed by atoms with Gasteiger partial charge in [0.15, 0.2) is 5.65 Å². The molecule has 0 aliphatic carbocycles. The lowest BCUT2D eigenvalue weighted by Crippen LogP contribution is -2.21. The molecule has 0 bridgehead atoms. The number of hydrogen-bond acceptors (Lipinski definition) is 6. The number of nitro benzene ring substituents is 1. The number of nitro groups is 1. The molecule has 2 heterocycles. The first-order valence-electron chi connectivity index (χ1n) is 6.94. The molecule has 3 aromatic rings. The minimum Gasteiger partial charge on any atom is -0.329 e. The highest BCUT2D eigenvalue weighted by Crippen LogP contribution is 2.14. The Morgan fingerprint density at radius 2 is 2.12 bits per heavy atom. The van der Waals surface area contributed by atoms with Gasteiger partial charge < -0.3 is 5.73 Å². The van der Waals surface area contributed by atoms with Gasteiger partial charge >= 0.3 is 0 Å². The quantitative estimate of drug-likeness (QED) is 0.539. The highest BCUT2D eigenvalue weighted by atomic mass is 35.5. The molecule has 0 unspecified atom stereocenters. The molecule has 2 N–H and O–H groups in total. The highest BCUT2D eigenvalue weighted by molar-refractivity contribution is 5.85. The number of fused-ring (bicyclic) bond motifs is 1. The molecule has 9 nitrogen and oxygen atoms in total. The number of rotatable bonds is 5. The maximum Gasteiger partial charge on any atom is 0.269 e. The van der Waals surface area contributed by atoms with E-state index in [0.29, 0.717) is 29.7 Å². The van der Waals surface area contributed by atoms with Gasteiger partial charge in [0.05, 0.1) is 24.2 Å². The normalized spacial score (nSPS) is 10.5. The average molecular weight is 351 g/mol. The molecule has 10 heteroatoms. The van der Waals surface area contributed by atoms with E-state index in [2.05, 4.69) is 10.1 Å². The zero-order chi connectivity index (χ0) is 16.4. The minimum atomic E-state index is -0.468. The van der Waals surface area contributed by atoms with E-state index in [1.807, 2.05) is 0 Å². The molecule has 24 heavy (non-hydrogen) atoms. The van der Waals surface area contributed by atoms with E-state index in [1.165, 1.54) is 29.2 Å². The van der Waals surface area contributed by atoms with E-state index in [9.17, 15) is 14.9 Å². The fraction of sp³-hybridized carbons (Fsp3) is 0.214. The molecule has 0 saturated heterocycles. The van der Waals surface area contributed by atoms with Gasteiger partial charge in [-0.1, -0.05) is 12.1 Å². The fourth-order valence-electron chi connectivity index (χ4n) is 2.36. The van der Waals surface area contributed by atoms with Gasteiger partial charge in [-0.2, -0.15) is 5.10 Å². The topological polar surface area (TPSA) is 122 Å². The molecule has 0 spiro atoms. The van der Waals surface area contributed by atoms with Crippen LogP contribution in [0.5, 0.6) is 0 Å². The molecule has 0 aliphatic heterocycles. The summed E-state index contributed by atoms with van der Waals surface area (Å²) in [7, 11) is 0. The molecule has 2 aromatic heterocycles. The zero-order valence-corrected chi connectivity index (χ0v) is 13.3. The minimum absolute atomic E-state index is 0. The van der Waals surface area contributed by atoms with E-state index in [4.69, 9.17) is 5.73 Å². The van der Waals surface area contributed by atoms with Gasteiger partial charge in [-0.3, -0.25) is 19.5 Å². The lowest BCUT2D eigenvalue weighted by atomic mass is 10.2. The van der Waals surface area contributed by atoms with Crippen molar-refractivity contribution in [2.45, 2.75) is 13.1 Å². The van der Waals surface area contributed by atoms with Crippen LogP contribution in [0.4, 0.5) is 5.69 Å². The van der Waals surface area contributed by atoms with Gasteiger partial charge in [0.25, 0.3) is 11.2 Å². The molecule has 0 aliphatic rings.